The molecule has 88 valence electrons. The maximum atomic E-state index is 13.2. The molecule has 0 radical (unpaired) electrons. The molecule has 0 aliphatic heterocycles. The van der Waals surface area contributed by atoms with E-state index in [1.54, 1.807) is 0 Å². The highest BCUT2D eigenvalue weighted by atomic mass is 19.2. The monoisotopic (exact) mass is 228 g/mol. The second-order valence-corrected chi connectivity index (χ2v) is 4.71. The van der Waals surface area contributed by atoms with E-state index in [0.717, 1.165) is 12.3 Å². The summed E-state index contributed by atoms with van der Waals surface area (Å²) in [5.41, 5.74) is -0.436. The van der Waals surface area contributed by atoms with Crippen LogP contribution in [0.5, 0.6) is 0 Å². The second kappa shape index (κ2) is 4.55. The van der Waals surface area contributed by atoms with E-state index in [1.165, 1.54) is 0 Å². The molecule has 0 fully saturated rings. The molecule has 0 bridgehead atoms. The lowest BCUT2D eigenvalue weighted by molar-refractivity contribution is 0.0934. The van der Waals surface area contributed by atoms with Crippen molar-refractivity contribution in [2.75, 3.05) is 6.54 Å². The van der Waals surface area contributed by atoms with Crippen molar-refractivity contribution in [1.82, 2.24) is 10.3 Å². The van der Waals surface area contributed by atoms with Crippen molar-refractivity contribution >= 4 is 5.91 Å². The highest BCUT2D eigenvalue weighted by Gasteiger charge is 2.18. The van der Waals surface area contributed by atoms with Gasteiger partial charge in [-0.25, -0.2) is 9.37 Å². The van der Waals surface area contributed by atoms with Crippen molar-refractivity contribution in [3.63, 3.8) is 0 Å². The number of nitrogens with zero attached hydrogens (tertiary/aromatic N) is 1. The summed E-state index contributed by atoms with van der Waals surface area (Å²) in [5.74, 6) is -3.11. The smallest absolute Gasteiger partial charge is 0.254 e. The zero-order valence-electron chi connectivity index (χ0n) is 9.47. The summed E-state index contributed by atoms with van der Waals surface area (Å²) in [6.07, 6.45) is 1.06. The molecular formula is C11H14F2N2O. The summed E-state index contributed by atoms with van der Waals surface area (Å²) in [6, 6.07) is 1.15. The number of rotatable bonds is 2. The number of nitrogens with one attached hydrogen (secondary N) is 1. The number of pyridine rings is 1. The first-order chi connectivity index (χ1) is 7.31. The van der Waals surface area contributed by atoms with Gasteiger partial charge in [0, 0.05) is 12.7 Å². The van der Waals surface area contributed by atoms with Crippen LogP contribution in [0.1, 0.15) is 31.1 Å². The maximum absolute atomic E-state index is 13.2. The summed E-state index contributed by atoms with van der Waals surface area (Å²) in [7, 11) is 0. The highest BCUT2D eigenvalue weighted by Crippen LogP contribution is 2.12. The minimum atomic E-state index is -1.26. The van der Waals surface area contributed by atoms with Gasteiger partial charge in [-0.15, -0.1) is 0 Å². The number of hydrogen-bond donors (Lipinski definition) is 1. The van der Waals surface area contributed by atoms with Crippen LogP contribution in [0.4, 0.5) is 8.78 Å². The molecule has 1 amide bonds. The Morgan fingerprint density at radius 2 is 2.06 bits per heavy atom. The van der Waals surface area contributed by atoms with Gasteiger partial charge in [-0.05, 0) is 11.5 Å². The van der Waals surface area contributed by atoms with Crippen molar-refractivity contribution in [2.24, 2.45) is 5.41 Å². The third kappa shape index (κ3) is 3.25. The molecule has 1 aromatic heterocycles. The molecule has 16 heavy (non-hydrogen) atoms. The lowest BCUT2D eigenvalue weighted by Gasteiger charge is -2.18. The number of carbonyl (C=O) groups excluding carboxylic acids is 1. The van der Waals surface area contributed by atoms with E-state index >= 15 is 0 Å². The van der Waals surface area contributed by atoms with E-state index in [-0.39, 0.29) is 11.0 Å². The molecule has 3 nitrogen and oxygen atoms in total. The van der Waals surface area contributed by atoms with Crippen molar-refractivity contribution in [2.45, 2.75) is 20.8 Å². The normalized spacial score (nSPS) is 11.3. The van der Waals surface area contributed by atoms with E-state index in [9.17, 15) is 13.6 Å². The van der Waals surface area contributed by atoms with Gasteiger partial charge in [-0.1, -0.05) is 20.8 Å². The van der Waals surface area contributed by atoms with Crippen molar-refractivity contribution in [1.29, 1.82) is 0 Å². The van der Waals surface area contributed by atoms with Crippen LogP contribution in [-0.4, -0.2) is 17.4 Å². The first-order valence-electron chi connectivity index (χ1n) is 4.89. The molecule has 1 rings (SSSR count). The Balaban J connectivity index is 2.78. The molecule has 0 unspecified atom stereocenters. The van der Waals surface area contributed by atoms with Crippen LogP contribution in [-0.2, 0) is 0 Å². The Morgan fingerprint density at radius 3 is 2.62 bits per heavy atom. The summed E-state index contributed by atoms with van der Waals surface area (Å²) < 4.78 is 25.9. The fourth-order valence-electron chi connectivity index (χ4n) is 1.03. The standard InChI is InChI=1S/C11H14F2N2O/c1-11(2,3)6-15-10(16)7-4-5-14-9(13)8(7)12/h4-5H,6H2,1-3H3,(H,15,16). The molecule has 0 aliphatic rings. The molecule has 0 saturated carbocycles. The number of amides is 1. The number of aromatic nitrogens is 1. The van der Waals surface area contributed by atoms with Crippen molar-refractivity contribution < 1.29 is 13.6 Å². The van der Waals surface area contributed by atoms with E-state index < -0.39 is 17.7 Å². The molecule has 0 saturated heterocycles. The lowest BCUT2D eigenvalue weighted by atomic mass is 9.97. The zero-order chi connectivity index (χ0) is 12.3. The summed E-state index contributed by atoms with van der Waals surface area (Å²) >= 11 is 0. The Kier molecular flexibility index (Phi) is 3.57. The number of carbonyl (C=O) groups is 1. The molecule has 0 atom stereocenters. The van der Waals surface area contributed by atoms with Gasteiger partial charge in [0.1, 0.15) is 0 Å². The molecule has 0 spiro atoms. The van der Waals surface area contributed by atoms with Crippen LogP contribution in [0.15, 0.2) is 12.3 Å². The molecule has 1 N–H and O–H groups in total. The average molecular weight is 228 g/mol. The van der Waals surface area contributed by atoms with Gasteiger partial charge in [0.2, 0.25) is 5.95 Å². The predicted molar refractivity (Wildman–Crippen MR) is 55.9 cm³/mol. The van der Waals surface area contributed by atoms with Crippen LogP contribution in [0.3, 0.4) is 0 Å². The first kappa shape index (κ1) is 12.5. The minimum absolute atomic E-state index is 0.113. The third-order valence-electron chi connectivity index (χ3n) is 1.87. The van der Waals surface area contributed by atoms with Gasteiger partial charge in [0.05, 0.1) is 5.56 Å². The lowest BCUT2D eigenvalue weighted by Crippen LogP contribution is -2.32. The average Bonchev–Trinajstić information content (AvgIpc) is 2.17. The Hall–Kier alpha value is -1.52. The molecular weight excluding hydrogens is 214 g/mol. The third-order valence-corrected chi connectivity index (χ3v) is 1.87. The Bertz CT molecular complexity index is 399. The number of halogens is 2. The number of hydrogen-bond acceptors (Lipinski definition) is 2. The van der Waals surface area contributed by atoms with Crippen molar-refractivity contribution in [3.05, 3.63) is 29.6 Å². The van der Waals surface area contributed by atoms with E-state index in [2.05, 4.69) is 10.3 Å². The quantitative estimate of drug-likeness (QED) is 0.788. The van der Waals surface area contributed by atoms with E-state index in [4.69, 9.17) is 0 Å². The zero-order valence-corrected chi connectivity index (χ0v) is 9.47. The maximum Gasteiger partial charge on any atom is 0.254 e. The van der Waals surface area contributed by atoms with Crippen LogP contribution in [0.25, 0.3) is 0 Å². The van der Waals surface area contributed by atoms with Gasteiger partial charge in [0.15, 0.2) is 5.82 Å². The fourth-order valence-corrected chi connectivity index (χ4v) is 1.03. The molecule has 5 heteroatoms. The fraction of sp³-hybridized carbons (Fsp3) is 0.455. The molecule has 1 heterocycles. The highest BCUT2D eigenvalue weighted by molar-refractivity contribution is 5.94. The molecule has 1 aromatic rings. The first-order valence-corrected chi connectivity index (χ1v) is 4.89. The van der Waals surface area contributed by atoms with Gasteiger partial charge < -0.3 is 5.32 Å². The Labute approximate surface area is 92.9 Å². The second-order valence-electron chi connectivity index (χ2n) is 4.71. The van der Waals surface area contributed by atoms with Crippen LogP contribution >= 0.6 is 0 Å². The van der Waals surface area contributed by atoms with Gasteiger partial charge in [-0.3, -0.25) is 4.79 Å². The Morgan fingerprint density at radius 1 is 1.44 bits per heavy atom. The largest absolute Gasteiger partial charge is 0.351 e. The predicted octanol–water partition coefficient (Wildman–Crippen LogP) is 2.14. The molecule has 0 aromatic carbocycles. The van der Waals surface area contributed by atoms with Gasteiger partial charge in [0.25, 0.3) is 5.91 Å². The van der Waals surface area contributed by atoms with Crippen LogP contribution in [0.2, 0.25) is 0 Å². The van der Waals surface area contributed by atoms with Crippen LogP contribution in [0, 0.1) is 17.2 Å². The van der Waals surface area contributed by atoms with Gasteiger partial charge in [-0.2, -0.15) is 4.39 Å². The van der Waals surface area contributed by atoms with Crippen LogP contribution < -0.4 is 5.32 Å². The topological polar surface area (TPSA) is 42.0 Å². The minimum Gasteiger partial charge on any atom is -0.351 e. The van der Waals surface area contributed by atoms with Crippen molar-refractivity contribution in [3.8, 4) is 0 Å². The summed E-state index contributed by atoms with van der Waals surface area (Å²) in [4.78, 5) is 14.6. The van der Waals surface area contributed by atoms with E-state index in [1.807, 2.05) is 20.8 Å². The summed E-state index contributed by atoms with van der Waals surface area (Å²) in [5, 5.41) is 2.53. The molecule has 0 aliphatic carbocycles. The SMILES string of the molecule is CC(C)(C)CNC(=O)c1ccnc(F)c1F. The van der Waals surface area contributed by atoms with Gasteiger partial charge >= 0.3 is 0 Å². The van der Waals surface area contributed by atoms with E-state index in [0.29, 0.717) is 6.54 Å². The summed E-state index contributed by atoms with van der Waals surface area (Å²) in [6.45, 7) is 6.17.